The van der Waals surface area contributed by atoms with Gasteiger partial charge in [0, 0.05) is 11.9 Å². The van der Waals surface area contributed by atoms with E-state index in [0.29, 0.717) is 5.92 Å². The van der Waals surface area contributed by atoms with Crippen LogP contribution in [0.3, 0.4) is 0 Å². The Bertz CT molecular complexity index is 443. The second kappa shape index (κ2) is 3.45. The van der Waals surface area contributed by atoms with Crippen molar-refractivity contribution in [2.75, 3.05) is 0 Å². The third kappa shape index (κ3) is 1.31. The predicted octanol–water partition coefficient (Wildman–Crippen LogP) is 3.16. The molecule has 0 saturated heterocycles. The molecular formula is C12H16N2. The molecule has 2 aromatic rings. The van der Waals surface area contributed by atoms with E-state index in [9.17, 15) is 0 Å². The topological polar surface area (TPSA) is 17.3 Å². The fourth-order valence-electron chi connectivity index (χ4n) is 1.92. The first-order chi connectivity index (χ1) is 6.74. The Kier molecular flexibility index (Phi) is 2.28. The predicted molar refractivity (Wildman–Crippen MR) is 58.6 cm³/mol. The summed E-state index contributed by atoms with van der Waals surface area (Å²) in [5.41, 5.74) is 3.56. The molecule has 0 aliphatic rings. The highest BCUT2D eigenvalue weighted by Crippen LogP contribution is 2.23. The molecule has 0 aromatic carbocycles. The van der Waals surface area contributed by atoms with Crippen molar-refractivity contribution in [3.63, 3.8) is 0 Å². The van der Waals surface area contributed by atoms with Crippen LogP contribution >= 0.6 is 0 Å². The Labute approximate surface area is 84.6 Å². The van der Waals surface area contributed by atoms with Gasteiger partial charge < -0.3 is 4.40 Å². The van der Waals surface area contributed by atoms with E-state index >= 15 is 0 Å². The van der Waals surface area contributed by atoms with Gasteiger partial charge in [-0.05, 0) is 31.4 Å². The highest BCUT2D eigenvalue weighted by molar-refractivity contribution is 5.43. The molecule has 1 atom stereocenters. The van der Waals surface area contributed by atoms with Crippen LogP contribution in [0.1, 0.15) is 37.6 Å². The number of aromatic nitrogens is 2. The first-order valence-corrected chi connectivity index (χ1v) is 5.17. The fraction of sp³-hybridized carbons (Fsp3) is 0.417. The van der Waals surface area contributed by atoms with Gasteiger partial charge in [0.25, 0.3) is 0 Å². The average Bonchev–Trinajstić information content (AvgIpc) is 2.53. The van der Waals surface area contributed by atoms with Gasteiger partial charge in [-0.1, -0.05) is 19.9 Å². The summed E-state index contributed by atoms with van der Waals surface area (Å²) >= 11 is 0. The van der Waals surface area contributed by atoms with Gasteiger partial charge in [-0.3, -0.25) is 0 Å². The Morgan fingerprint density at radius 3 is 2.93 bits per heavy atom. The quantitative estimate of drug-likeness (QED) is 0.707. The molecule has 2 heteroatoms. The summed E-state index contributed by atoms with van der Waals surface area (Å²) in [6, 6.07) is 6.14. The summed E-state index contributed by atoms with van der Waals surface area (Å²) < 4.78 is 2.20. The molecule has 0 amide bonds. The van der Waals surface area contributed by atoms with Crippen molar-refractivity contribution < 1.29 is 0 Å². The molecule has 0 N–H and O–H groups in total. The first kappa shape index (κ1) is 9.25. The number of rotatable bonds is 2. The molecule has 0 aliphatic heterocycles. The van der Waals surface area contributed by atoms with Crippen molar-refractivity contribution in [1.29, 1.82) is 0 Å². The van der Waals surface area contributed by atoms with Crippen LogP contribution in [0, 0.1) is 6.92 Å². The summed E-state index contributed by atoms with van der Waals surface area (Å²) in [7, 11) is 0. The Morgan fingerprint density at radius 2 is 2.21 bits per heavy atom. The Balaban J connectivity index is 2.67. The first-order valence-electron chi connectivity index (χ1n) is 5.17. The van der Waals surface area contributed by atoms with E-state index in [0.717, 1.165) is 17.8 Å². The number of fused-ring (bicyclic) bond motifs is 1. The third-order valence-electron chi connectivity index (χ3n) is 2.83. The zero-order valence-corrected chi connectivity index (χ0v) is 8.99. The van der Waals surface area contributed by atoms with Gasteiger partial charge in [0.1, 0.15) is 5.65 Å². The monoisotopic (exact) mass is 188 g/mol. The molecule has 2 aromatic heterocycles. The minimum atomic E-state index is 0.576. The lowest BCUT2D eigenvalue weighted by Crippen LogP contribution is -1.98. The van der Waals surface area contributed by atoms with Crippen molar-refractivity contribution in [3.8, 4) is 0 Å². The van der Waals surface area contributed by atoms with Crippen LogP contribution in [0.15, 0.2) is 24.4 Å². The highest BCUT2D eigenvalue weighted by atomic mass is 15.0. The smallest absolute Gasteiger partial charge is 0.137 e. The molecule has 1 unspecified atom stereocenters. The maximum Gasteiger partial charge on any atom is 0.137 e. The summed E-state index contributed by atoms with van der Waals surface area (Å²) in [5, 5.41) is 0. The maximum absolute atomic E-state index is 4.55. The molecule has 2 rings (SSSR count). The van der Waals surface area contributed by atoms with Crippen LogP contribution in [0.2, 0.25) is 0 Å². The van der Waals surface area contributed by atoms with Crippen molar-refractivity contribution in [2.24, 2.45) is 0 Å². The molecule has 74 valence electrons. The summed E-state index contributed by atoms with van der Waals surface area (Å²) in [6.07, 6.45) is 3.25. The van der Waals surface area contributed by atoms with Crippen LogP contribution in [0.5, 0.6) is 0 Å². The minimum absolute atomic E-state index is 0.576. The van der Waals surface area contributed by atoms with Crippen LogP contribution in [0.25, 0.3) is 5.65 Å². The summed E-state index contributed by atoms with van der Waals surface area (Å²) in [4.78, 5) is 4.55. The zero-order valence-electron chi connectivity index (χ0n) is 8.99. The summed E-state index contributed by atoms with van der Waals surface area (Å²) in [5.74, 6) is 0.576. The molecule has 0 saturated carbocycles. The maximum atomic E-state index is 4.55. The molecule has 14 heavy (non-hydrogen) atoms. The van der Waals surface area contributed by atoms with Crippen LogP contribution in [-0.2, 0) is 0 Å². The zero-order chi connectivity index (χ0) is 10.1. The fourth-order valence-corrected chi connectivity index (χ4v) is 1.92. The van der Waals surface area contributed by atoms with Gasteiger partial charge in [0.05, 0.1) is 5.69 Å². The van der Waals surface area contributed by atoms with E-state index in [1.54, 1.807) is 0 Å². The molecular weight excluding hydrogens is 172 g/mol. The number of aryl methyl sites for hydroxylation is 1. The van der Waals surface area contributed by atoms with Crippen LogP contribution in [-0.4, -0.2) is 9.38 Å². The lowest BCUT2D eigenvalue weighted by Gasteiger charge is -2.09. The van der Waals surface area contributed by atoms with Crippen molar-refractivity contribution in [2.45, 2.75) is 33.1 Å². The molecule has 0 fully saturated rings. The van der Waals surface area contributed by atoms with Crippen molar-refractivity contribution in [3.05, 3.63) is 35.8 Å². The molecule has 2 nitrogen and oxygen atoms in total. The minimum Gasteiger partial charge on any atom is -0.304 e. The SMILES string of the molecule is CCC(C)c1c(C)nc2ccccn12. The van der Waals surface area contributed by atoms with Crippen LogP contribution in [0.4, 0.5) is 0 Å². The summed E-state index contributed by atoms with van der Waals surface area (Å²) in [6.45, 7) is 6.56. The van der Waals surface area contributed by atoms with Crippen molar-refractivity contribution >= 4 is 5.65 Å². The lowest BCUT2D eigenvalue weighted by molar-refractivity contribution is 0.694. The van der Waals surface area contributed by atoms with E-state index < -0.39 is 0 Å². The number of hydrogen-bond acceptors (Lipinski definition) is 1. The van der Waals surface area contributed by atoms with Gasteiger partial charge in [-0.15, -0.1) is 0 Å². The second-order valence-electron chi connectivity index (χ2n) is 3.82. The van der Waals surface area contributed by atoms with Gasteiger partial charge in [-0.2, -0.15) is 0 Å². The van der Waals surface area contributed by atoms with Gasteiger partial charge in [0.15, 0.2) is 0 Å². The molecule has 0 aliphatic carbocycles. The number of imidazole rings is 1. The molecule has 0 radical (unpaired) electrons. The van der Waals surface area contributed by atoms with Crippen molar-refractivity contribution in [1.82, 2.24) is 9.38 Å². The van der Waals surface area contributed by atoms with Gasteiger partial charge in [0.2, 0.25) is 0 Å². The van der Waals surface area contributed by atoms with E-state index in [1.807, 2.05) is 6.07 Å². The largest absolute Gasteiger partial charge is 0.304 e. The molecule has 0 spiro atoms. The lowest BCUT2D eigenvalue weighted by atomic mass is 10.0. The molecule has 0 bridgehead atoms. The van der Waals surface area contributed by atoms with E-state index in [-0.39, 0.29) is 0 Å². The van der Waals surface area contributed by atoms with Crippen LogP contribution < -0.4 is 0 Å². The van der Waals surface area contributed by atoms with E-state index in [1.165, 1.54) is 5.69 Å². The average molecular weight is 188 g/mol. The molecule has 2 heterocycles. The van der Waals surface area contributed by atoms with Gasteiger partial charge in [-0.25, -0.2) is 4.98 Å². The Morgan fingerprint density at radius 1 is 1.43 bits per heavy atom. The number of pyridine rings is 1. The van der Waals surface area contributed by atoms with E-state index in [4.69, 9.17) is 0 Å². The van der Waals surface area contributed by atoms with Gasteiger partial charge >= 0.3 is 0 Å². The highest BCUT2D eigenvalue weighted by Gasteiger charge is 2.12. The van der Waals surface area contributed by atoms with E-state index in [2.05, 4.69) is 48.5 Å². The Hall–Kier alpha value is -1.31. The second-order valence-corrected chi connectivity index (χ2v) is 3.82. The standard InChI is InChI=1S/C12H16N2/c1-4-9(2)12-10(3)13-11-7-5-6-8-14(11)12/h5-9H,4H2,1-3H3. The normalized spacial score (nSPS) is 13.4. The third-order valence-corrected chi connectivity index (χ3v) is 2.83. The number of hydrogen-bond donors (Lipinski definition) is 0. The number of nitrogens with zero attached hydrogens (tertiary/aromatic N) is 2.